The van der Waals surface area contributed by atoms with Crippen molar-refractivity contribution in [3.8, 4) is 0 Å². The molecule has 0 radical (unpaired) electrons. The number of aliphatic carboxylic acids is 1. The minimum atomic E-state index is -4.46. The Morgan fingerprint density at radius 2 is 1.69 bits per heavy atom. The van der Waals surface area contributed by atoms with Crippen LogP contribution in [0.15, 0.2) is 60.7 Å². The maximum atomic E-state index is 12.9. The summed E-state index contributed by atoms with van der Waals surface area (Å²) in [6, 6.07) is 13.4. The van der Waals surface area contributed by atoms with Gasteiger partial charge in [0.25, 0.3) is 0 Å². The third-order valence-corrected chi connectivity index (χ3v) is 5.55. The number of aryl methyl sites for hydroxylation is 1. The van der Waals surface area contributed by atoms with Gasteiger partial charge in [-0.25, -0.2) is 4.79 Å². The molecule has 0 amide bonds. The molecule has 1 heterocycles. The highest BCUT2D eigenvalue weighted by Gasteiger charge is 2.30. The number of ketones is 1. The van der Waals surface area contributed by atoms with E-state index in [-0.39, 0.29) is 17.9 Å². The number of carbonyl (C=O) groups excluding carboxylic acids is 1. The molecule has 3 rings (SSSR count). The van der Waals surface area contributed by atoms with E-state index in [9.17, 15) is 22.8 Å². The number of allylic oxidation sites excluding steroid dienone is 1. The Balaban J connectivity index is 1.62. The molecule has 0 saturated heterocycles. The minimum absolute atomic E-state index is 0.152. The number of carboxylic acid groups (broad SMARTS) is 1. The van der Waals surface area contributed by atoms with Crippen molar-refractivity contribution >= 4 is 17.8 Å². The van der Waals surface area contributed by atoms with E-state index in [1.165, 1.54) is 30.7 Å². The van der Waals surface area contributed by atoms with Crippen LogP contribution in [0.25, 0.3) is 6.08 Å². The van der Waals surface area contributed by atoms with Crippen LogP contribution in [0.5, 0.6) is 0 Å². The Labute approximate surface area is 207 Å². The number of benzene rings is 2. The molecule has 3 aromatic rings. The van der Waals surface area contributed by atoms with Crippen molar-refractivity contribution in [2.45, 2.75) is 45.5 Å². The van der Waals surface area contributed by atoms with Gasteiger partial charge in [-0.2, -0.15) is 18.3 Å². The number of ether oxygens (including phenoxy) is 1. The molecule has 0 bridgehead atoms. The molecule has 0 spiro atoms. The first kappa shape index (κ1) is 26.9. The molecule has 9 heteroatoms. The number of aromatic nitrogens is 2. The van der Waals surface area contributed by atoms with Gasteiger partial charge in [0, 0.05) is 5.56 Å². The zero-order valence-corrected chi connectivity index (χ0v) is 20.2. The summed E-state index contributed by atoms with van der Waals surface area (Å²) in [5.41, 5.74) is 0.937. The van der Waals surface area contributed by atoms with Crippen molar-refractivity contribution in [2.75, 3.05) is 6.61 Å². The van der Waals surface area contributed by atoms with E-state index in [1.54, 1.807) is 13.0 Å². The fourth-order valence-electron chi connectivity index (χ4n) is 3.40. The Kier molecular flexibility index (Phi) is 8.14. The van der Waals surface area contributed by atoms with Crippen molar-refractivity contribution in [3.63, 3.8) is 0 Å². The van der Waals surface area contributed by atoms with Gasteiger partial charge in [-0.3, -0.25) is 9.48 Å². The second-order valence-electron chi connectivity index (χ2n) is 8.82. The zero-order valence-electron chi connectivity index (χ0n) is 20.2. The van der Waals surface area contributed by atoms with Gasteiger partial charge in [-0.1, -0.05) is 48.6 Å². The average molecular weight is 501 g/mol. The summed E-state index contributed by atoms with van der Waals surface area (Å²) in [5.74, 6) is -1.42. The van der Waals surface area contributed by atoms with Crippen LogP contribution in [0.1, 0.15) is 52.3 Å². The highest BCUT2D eigenvalue weighted by Crippen LogP contribution is 2.29. The van der Waals surface area contributed by atoms with Crippen LogP contribution < -0.4 is 0 Å². The average Bonchev–Trinajstić information content (AvgIpc) is 3.19. The smallest absolute Gasteiger partial charge is 0.416 e. The number of carbonyl (C=O) groups is 2. The molecule has 0 fully saturated rings. The lowest BCUT2D eigenvalue weighted by Gasteiger charge is -2.19. The molecule has 0 aliphatic heterocycles. The molecule has 190 valence electrons. The van der Waals surface area contributed by atoms with Gasteiger partial charge in [0.1, 0.15) is 5.69 Å². The van der Waals surface area contributed by atoms with Crippen LogP contribution in [-0.2, 0) is 28.7 Å². The Morgan fingerprint density at radius 1 is 1.06 bits per heavy atom. The van der Waals surface area contributed by atoms with E-state index in [2.05, 4.69) is 5.10 Å². The first-order chi connectivity index (χ1) is 16.9. The Morgan fingerprint density at radius 3 is 2.28 bits per heavy atom. The quantitative estimate of drug-likeness (QED) is 0.368. The maximum absolute atomic E-state index is 12.9. The fourth-order valence-corrected chi connectivity index (χ4v) is 3.40. The highest BCUT2D eigenvalue weighted by atomic mass is 19.4. The number of hydrogen-bond acceptors (Lipinski definition) is 4. The molecule has 1 aromatic heterocycles. The van der Waals surface area contributed by atoms with Gasteiger partial charge in [0.2, 0.25) is 5.78 Å². The zero-order chi connectivity index (χ0) is 26.5. The molecular weight excluding hydrogens is 473 g/mol. The lowest BCUT2D eigenvalue weighted by Crippen LogP contribution is -2.35. The van der Waals surface area contributed by atoms with E-state index in [1.807, 2.05) is 36.4 Å². The van der Waals surface area contributed by atoms with Gasteiger partial charge in [-0.15, -0.1) is 0 Å². The predicted molar refractivity (Wildman–Crippen MR) is 129 cm³/mol. The van der Waals surface area contributed by atoms with Gasteiger partial charge >= 0.3 is 12.1 Å². The van der Waals surface area contributed by atoms with Gasteiger partial charge < -0.3 is 9.84 Å². The first-order valence-corrected chi connectivity index (χ1v) is 11.3. The Hall–Kier alpha value is -3.72. The molecule has 36 heavy (non-hydrogen) atoms. The monoisotopic (exact) mass is 500 g/mol. The second-order valence-corrected chi connectivity index (χ2v) is 8.82. The lowest BCUT2D eigenvalue weighted by molar-refractivity contribution is -0.161. The van der Waals surface area contributed by atoms with E-state index in [4.69, 9.17) is 9.84 Å². The number of nitrogens with zero attached hydrogens (tertiary/aromatic N) is 2. The van der Waals surface area contributed by atoms with Gasteiger partial charge in [0.15, 0.2) is 5.60 Å². The molecule has 0 aliphatic rings. The minimum Gasteiger partial charge on any atom is -0.479 e. The van der Waals surface area contributed by atoms with Crippen LogP contribution in [0.3, 0.4) is 0 Å². The molecule has 0 atom stereocenters. The summed E-state index contributed by atoms with van der Waals surface area (Å²) >= 11 is 0. The number of alkyl halides is 3. The largest absolute Gasteiger partial charge is 0.479 e. The third-order valence-electron chi connectivity index (χ3n) is 5.55. The summed E-state index contributed by atoms with van der Waals surface area (Å²) < 4.78 is 45.4. The van der Waals surface area contributed by atoms with Gasteiger partial charge in [-0.05, 0) is 56.5 Å². The summed E-state index contributed by atoms with van der Waals surface area (Å²) in [7, 11) is 0. The van der Waals surface area contributed by atoms with E-state index < -0.39 is 29.1 Å². The molecule has 0 saturated carbocycles. The molecule has 1 N–H and O–H groups in total. The third kappa shape index (κ3) is 6.91. The summed E-state index contributed by atoms with van der Waals surface area (Å²) in [6.07, 6.45) is -0.183. The number of halogens is 3. The summed E-state index contributed by atoms with van der Waals surface area (Å²) in [4.78, 5) is 24.0. The Bertz CT molecular complexity index is 1240. The topological polar surface area (TPSA) is 81.4 Å². The fraction of sp³-hybridized carbons (Fsp3) is 0.296. The molecule has 2 aromatic carbocycles. The molecule has 0 aliphatic carbocycles. The summed E-state index contributed by atoms with van der Waals surface area (Å²) in [5, 5.41) is 13.4. The van der Waals surface area contributed by atoms with Crippen LogP contribution in [0, 0.1) is 6.92 Å². The van der Waals surface area contributed by atoms with Crippen LogP contribution >= 0.6 is 0 Å². The normalized spacial score (nSPS) is 12.3. The van der Waals surface area contributed by atoms with E-state index >= 15 is 0 Å². The van der Waals surface area contributed by atoms with Crippen molar-refractivity contribution < 1.29 is 32.6 Å². The van der Waals surface area contributed by atoms with Crippen molar-refractivity contribution in [3.05, 3.63) is 94.3 Å². The van der Waals surface area contributed by atoms with Crippen molar-refractivity contribution in [1.29, 1.82) is 0 Å². The first-order valence-electron chi connectivity index (χ1n) is 11.3. The molecular formula is C27H27F3N2O4. The van der Waals surface area contributed by atoms with E-state index in [0.29, 0.717) is 18.7 Å². The SMILES string of the molecule is Cc1cc(C(=O)c2ccc(C(F)(F)F)cc2)n(CC=Cc2ccc(CCOC(C)(C)C(=O)O)cc2)n1. The van der Waals surface area contributed by atoms with Crippen molar-refractivity contribution in [1.82, 2.24) is 9.78 Å². The van der Waals surface area contributed by atoms with Gasteiger partial charge in [0.05, 0.1) is 24.4 Å². The van der Waals surface area contributed by atoms with Crippen LogP contribution in [-0.4, -0.2) is 38.8 Å². The van der Waals surface area contributed by atoms with Crippen molar-refractivity contribution in [2.24, 2.45) is 0 Å². The van der Waals surface area contributed by atoms with Crippen LogP contribution in [0.4, 0.5) is 13.2 Å². The predicted octanol–water partition coefficient (Wildman–Crippen LogP) is 5.58. The molecule has 6 nitrogen and oxygen atoms in total. The second kappa shape index (κ2) is 10.9. The molecule has 0 unspecified atom stereocenters. The van der Waals surface area contributed by atoms with E-state index in [0.717, 1.165) is 23.3 Å². The highest BCUT2D eigenvalue weighted by molar-refractivity contribution is 6.08. The maximum Gasteiger partial charge on any atom is 0.416 e. The standard InChI is InChI=1S/C27H27F3N2O4/c1-18-17-23(24(33)21-10-12-22(13-11-21)27(28,29)30)32(31-18)15-4-5-19-6-8-20(9-7-19)14-16-36-26(2,3)25(34)35/h4-13,17H,14-16H2,1-3H3,(H,34,35). The number of carboxylic acids is 1. The number of hydrogen-bond donors (Lipinski definition) is 1. The lowest BCUT2D eigenvalue weighted by atomic mass is 10.1. The van der Waals surface area contributed by atoms with Crippen LogP contribution in [0.2, 0.25) is 0 Å². The summed E-state index contributed by atoms with van der Waals surface area (Å²) in [6.45, 7) is 5.34. The number of rotatable bonds is 10.